The summed E-state index contributed by atoms with van der Waals surface area (Å²) in [4.78, 5) is 0. The van der Waals surface area contributed by atoms with E-state index in [1.165, 1.54) is 0 Å². The summed E-state index contributed by atoms with van der Waals surface area (Å²) in [5.74, 6) is 6.92. The molecule has 1 aromatic carbocycles. The third kappa shape index (κ3) is 3.22. The fourth-order valence-electron chi connectivity index (χ4n) is 1.19. The lowest BCUT2D eigenvalue weighted by Gasteiger charge is -2.09. The van der Waals surface area contributed by atoms with E-state index in [0.29, 0.717) is 30.1 Å². The van der Waals surface area contributed by atoms with Crippen molar-refractivity contribution in [2.24, 2.45) is 0 Å². The highest BCUT2D eigenvalue weighted by atomic mass is 16.5. The quantitative estimate of drug-likeness (QED) is 0.572. The predicted octanol–water partition coefficient (Wildman–Crippen LogP) is 2.36. The third-order valence-electron chi connectivity index (χ3n) is 1.95. The van der Waals surface area contributed by atoms with Crippen LogP contribution in [0.3, 0.4) is 0 Å². The Hall–Kier alpha value is -2.13. The standard InChI is InChI=1S/C13H13NO2/c1-3-4-5-8-16-12-7-6-11(10-14)9-13(12)15-2/h6-7,9H,5,8H2,1-2H3. The van der Waals surface area contributed by atoms with Crippen molar-refractivity contribution >= 4 is 0 Å². The Labute approximate surface area is 95.6 Å². The second kappa shape index (κ2) is 6.37. The van der Waals surface area contributed by atoms with Gasteiger partial charge in [0.25, 0.3) is 0 Å². The topological polar surface area (TPSA) is 42.2 Å². The van der Waals surface area contributed by atoms with Crippen molar-refractivity contribution in [3.63, 3.8) is 0 Å². The van der Waals surface area contributed by atoms with Gasteiger partial charge in [0, 0.05) is 12.5 Å². The zero-order valence-electron chi connectivity index (χ0n) is 9.41. The second-order valence-electron chi connectivity index (χ2n) is 3.00. The fraction of sp³-hybridized carbons (Fsp3) is 0.308. The molecule has 1 aromatic rings. The van der Waals surface area contributed by atoms with Crippen LogP contribution in [0.4, 0.5) is 0 Å². The lowest BCUT2D eigenvalue weighted by molar-refractivity contribution is 0.301. The Bertz CT molecular complexity index is 449. The Kier molecular flexibility index (Phi) is 4.76. The molecule has 16 heavy (non-hydrogen) atoms. The number of methoxy groups -OCH3 is 1. The van der Waals surface area contributed by atoms with Gasteiger partial charge < -0.3 is 9.47 Å². The maximum Gasteiger partial charge on any atom is 0.162 e. The molecule has 0 radical (unpaired) electrons. The molecule has 0 bridgehead atoms. The molecule has 0 aliphatic heterocycles. The van der Waals surface area contributed by atoms with Gasteiger partial charge in [0.1, 0.15) is 0 Å². The van der Waals surface area contributed by atoms with Gasteiger partial charge in [-0.1, -0.05) is 0 Å². The zero-order chi connectivity index (χ0) is 11.8. The summed E-state index contributed by atoms with van der Waals surface area (Å²) in [5, 5.41) is 8.73. The lowest BCUT2D eigenvalue weighted by atomic mass is 10.2. The van der Waals surface area contributed by atoms with Crippen LogP contribution in [-0.2, 0) is 0 Å². The van der Waals surface area contributed by atoms with E-state index in [0.717, 1.165) is 0 Å². The van der Waals surface area contributed by atoms with Crippen molar-refractivity contribution in [1.82, 2.24) is 0 Å². The van der Waals surface area contributed by atoms with E-state index in [2.05, 4.69) is 11.8 Å². The molecule has 0 saturated heterocycles. The second-order valence-corrected chi connectivity index (χ2v) is 3.00. The molecule has 0 fully saturated rings. The van der Waals surface area contributed by atoms with E-state index in [-0.39, 0.29) is 0 Å². The molecule has 0 aliphatic carbocycles. The SMILES string of the molecule is CC#CCCOc1ccc(C#N)cc1OC. The van der Waals surface area contributed by atoms with E-state index in [9.17, 15) is 0 Å². The number of hydrogen-bond donors (Lipinski definition) is 0. The number of benzene rings is 1. The van der Waals surface area contributed by atoms with Gasteiger partial charge in [-0.05, 0) is 19.1 Å². The van der Waals surface area contributed by atoms with Crippen molar-refractivity contribution < 1.29 is 9.47 Å². The highest BCUT2D eigenvalue weighted by Gasteiger charge is 2.04. The molecule has 0 N–H and O–H groups in total. The summed E-state index contributed by atoms with van der Waals surface area (Å²) in [6.07, 6.45) is 0.680. The van der Waals surface area contributed by atoms with Crippen molar-refractivity contribution in [1.29, 1.82) is 5.26 Å². The molecule has 0 aromatic heterocycles. The van der Waals surface area contributed by atoms with Crippen LogP contribution in [0.15, 0.2) is 18.2 Å². The van der Waals surface area contributed by atoms with E-state index >= 15 is 0 Å². The van der Waals surface area contributed by atoms with Crippen LogP contribution in [-0.4, -0.2) is 13.7 Å². The van der Waals surface area contributed by atoms with Gasteiger partial charge in [-0.2, -0.15) is 5.26 Å². The Morgan fingerprint density at radius 2 is 2.12 bits per heavy atom. The lowest BCUT2D eigenvalue weighted by Crippen LogP contribution is -1.98. The van der Waals surface area contributed by atoms with Crippen LogP contribution >= 0.6 is 0 Å². The summed E-state index contributed by atoms with van der Waals surface area (Å²) >= 11 is 0. The number of nitrogens with zero attached hydrogens (tertiary/aromatic N) is 1. The summed E-state index contributed by atoms with van der Waals surface area (Å²) in [5.41, 5.74) is 0.553. The first kappa shape index (κ1) is 11.9. The Morgan fingerprint density at radius 3 is 2.75 bits per heavy atom. The molecule has 82 valence electrons. The first-order valence-corrected chi connectivity index (χ1v) is 4.92. The van der Waals surface area contributed by atoms with E-state index in [1.807, 2.05) is 6.07 Å². The predicted molar refractivity (Wildman–Crippen MR) is 61.3 cm³/mol. The smallest absolute Gasteiger partial charge is 0.162 e. The highest BCUT2D eigenvalue weighted by molar-refractivity contribution is 5.46. The molecule has 0 unspecified atom stereocenters. The summed E-state index contributed by atoms with van der Waals surface area (Å²) in [7, 11) is 1.55. The maximum atomic E-state index is 8.73. The molecule has 0 aliphatic rings. The largest absolute Gasteiger partial charge is 0.493 e. The highest BCUT2D eigenvalue weighted by Crippen LogP contribution is 2.27. The molecule has 0 atom stereocenters. The average molecular weight is 215 g/mol. The number of ether oxygens (including phenoxy) is 2. The Balaban J connectivity index is 2.71. The molecule has 1 rings (SSSR count). The first-order chi connectivity index (χ1) is 7.81. The third-order valence-corrected chi connectivity index (χ3v) is 1.95. The maximum absolute atomic E-state index is 8.73. The molecule has 3 heteroatoms. The minimum Gasteiger partial charge on any atom is -0.493 e. The molecule has 0 heterocycles. The van der Waals surface area contributed by atoms with E-state index in [1.54, 1.807) is 32.2 Å². The average Bonchev–Trinajstić information content (AvgIpc) is 2.34. The first-order valence-electron chi connectivity index (χ1n) is 4.92. The normalized spacial score (nSPS) is 8.56. The van der Waals surface area contributed by atoms with Gasteiger partial charge in [-0.15, -0.1) is 11.8 Å². The van der Waals surface area contributed by atoms with Crippen LogP contribution in [0, 0.1) is 23.2 Å². The molecular formula is C13H13NO2. The molecular weight excluding hydrogens is 202 g/mol. The number of hydrogen-bond acceptors (Lipinski definition) is 3. The monoisotopic (exact) mass is 215 g/mol. The van der Waals surface area contributed by atoms with Crippen molar-refractivity contribution in [3.05, 3.63) is 23.8 Å². The van der Waals surface area contributed by atoms with Crippen LogP contribution in [0.25, 0.3) is 0 Å². The van der Waals surface area contributed by atoms with Gasteiger partial charge in [-0.25, -0.2) is 0 Å². The van der Waals surface area contributed by atoms with Gasteiger partial charge >= 0.3 is 0 Å². The van der Waals surface area contributed by atoms with Gasteiger partial charge in [-0.3, -0.25) is 0 Å². The molecule has 0 amide bonds. The van der Waals surface area contributed by atoms with Crippen molar-refractivity contribution in [2.75, 3.05) is 13.7 Å². The minimum absolute atomic E-state index is 0.517. The summed E-state index contributed by atoms with van der Waals surface area (Å²) < 4.78 is 10.6. The van der Waals surface area contributed by atoms with Crippen molar-refractivity contribution in [2.45, 2.75) is 13.3 Å². The van der Waals surface area contributed by atoms with E-state index in [4.69, 9.17) is 14.7 Å². The summed E-state index contributed by atoms with van der Waals surface area (Å²) in [6, 6.07) is 7.13. The minimum atomic E-state index is 0.517. The fourth-order valence-corrected chi connectivity index (χ4v) is 1.19. The molecule has 3 nitrogen and oxygen atoms in total. The van der Waals surface area contributed by atoms with Crippen molar-refractivity contribution in [3.8, 4) is 29.4 Å². The number of rotatable bonds is 4. The van der Waals surface area contributed by atoms with E-state index < -0.39 is 0 Å². The van der Waals surface area contributed by atoms with Gasteiger partial charge in [0.2, 0.25) is 0 Å². The summed E-state index contributed by atoms with van der Waals surface area (Å²) in [6.45, 7) is 2.31. The van der Waals surface area contributed by atoms with Crippen LogP contribution in [0.2, 0.25) is 0 Å². The molecule has 0 spiro atoms. The van der Waals surface area contributed by atoms with Gasteiger partial charge in [0.15, 0.2) is 11.5 Å². The zero-order valence-corrected chi connectivity index (χ0v) is 9.41. The number of nitriles is 1. The Morgan fingerprint density at radius 1 is 1.31 bits per heavy atom. The molecule has 0 saturated carbocycles. The van der Waals surface area contributed by atoms with Gasteiger partial charge in [0.05, 0.1) is 25.3 Å². The van der Waals surface area contributed by atoms with Crippen LogP contribution < -0.4 is 9.47 Å². The van der Waals surface area contributed by atoms with Crippen LogP contribution in [0.1, 0.15) is 18.9 Å². The van der Waals surface area contributed by atoms with Crippen LogP contribution in [0.5, 0.6) is 11.5 Å².